The Morgan fingerprint density at radius 3 is 2.95 bits per heavy atom. The standard InChI is InChI=1S/C11H17N3O6S/c15-10(16)5-6-21(18,19)12-7-8-3-1-2-4-9-13-20-11(17)14(8)9/h8,12H,1-7H2,(H,15,16). The van der Waals surface area contributed by atoms with Crippen LogP contribution >= 0.6 is 0 Å². The number of carboxylic acid groups (broad SMARTS) is 1. The van der Waals surface area contributed by atoms with E-state index in [0.29, 0.717) is 18.7 Å². The highest BCUT2D eigenvalue weighted by Crippen LogP contribution is 2.20. The van der Waals surface area contributed by atoms with Crippen molar-refractivity contribution in [2.45, 2.75) is 38.1 Å². The predicted octanol–water partition coefficient (Wildman–Crippen LogP) is -0.502. The van der Waals surface area contributed by atoms with Crippen LogP contribution in [0.15, 0.2) is 9.32 Å². The number of hydrogen-bond donors (Lipinski definition) is 2. The Hall–Kier alpha value is -1.68. The lowest BCUT2D eigenvalue weighted by Gasteiger charge is -2.16. The topological polar surface area (TPSA) is 132 Å². The van der Waals surface area contributed by atoms with E-state index in [-0.39, 0.29) is 12.6 Å². The number of aromatic nitrogens is 2. The fourth-order valence-corrected chi connectivity index (χ4v) is 3.35. The monoisotopic (exact) mass is 319 g/mol. The van der Waals surface area contributed by atoms with Crippen molar-refractivity contribution in [3.05, 3.63) is 16.4 Å². The fraction of sp³-hybridized carbons (Fsp3) is 0.727. The van der Waals surface area contributed by atoms with E-state index in [4.69, 9.17) is 5.11 Å². The van der Waals surface area contributed by atoms with Gasteiger partial charge in [-0.2, -0.15) is 0 Å². The first-order valence-corrected chi connectivity index (χ1v) is 8.30. The Labute approximate surface area is 121 Å². The first kappa shape index (κ1) is 15.7. The lowest BCUT2D eigenvalue weighted by Crippen LogP contribution is -2.35. The predicted molar refractivity (Wildman–Crippen MR) is 71.4 cm³/mol. The number of fused-ring (bicyclic) bond motifs is 1. The average Bonchev–Trinajstić information content (AvgIpc) is 2.66. The van der Waals surface area contributed by atoms with Crippen LogP contribution in [0.25, 0.3) is 0 Å². The van der Waals surface area contributed by atoms with Gasteiger partial charge in [0.1, 0.15) is 0 Å². The molecule has 2 heterocycles. The van der Waals surface area contributed by atoms with Crippen LogP contribution in [0.2, 0.25) is 0 Å². The van der Waals surface area contributed by atoms with Crippen molar-refractivity contribution in [3.8, 4) is 0 Å². The molecule has 0 aromatic carbocycles. The minimum absolute atomic E-state index is 0.0239. The quantitative estimate of drug-likeness (QED) is 0.722. The smallest absolute Gasteiger partial charge is 0.441 e. The number of nitrogens with zero attached hydrogens (tertiary/aromatic N) is 2. The summed E-state index contributed by atoms with van der Waals surface area (Å²) >= 11 is 0. The molecule has 2 rings (SSSR count). The number of rotatable bonds is 6. The van der Waals surface area contributed by atoms with E-state index < -0.39 is 33.9 Å². The molecule has 0 saturated heterocycles. The second-order valence-corrected chi connectivity index (χ2v) is 6.87. The molecule has 2 N–H and O–H groups in total. The van der Waals surface area contributed by atoms with Gasteiger partial charge in [0.15, 0.2) is 5.82 Å². The third-order valence-corrected chi connectivity index (χ3v) is 4.73. The van der Waals surface area contributed by atoms with Crippen LogP contribution in [0.3, 0.4) is 0 Å². The third-order valence-electron chi connectivity index (χ3n) is 3.38. The first-order chi connectivity index (χ1) is 9.89. The Kier molecular flexibility index (Phi) is 4.78. The molecule has 0 amide bonds. The molecular formula is C11H17N3O6S. The number of nitrogens with one attached hydrogen (secondary N) is 1. The molecule has 1 aromatic rings. The fourth-order valence-electron chi connectivity index (χ4n) is 2.31. The highest BCUT2D eigenvalue weighted by atomic mass is 32.2. The SMILES string of the molecule is O=C(O)CCS(=O)(=O)NCC1CCCCc2noc(=O)n21. The van der Waals surface area contributed by atoms with Gasteiger partial charge in [-0.05, 0) is 12.8 Å². The van der Waals surface area contributed by atoms with Gasteiger partial charge in [0.05, 0.1) is 18.2 Å². The molecule has 1 aromatic heterocycles. The van der Waals surface area contributed by atoms with E-state index in [1.165, 1.54) is 4.57 Å². The van der Waals surface area contributed by atoms with Crippen LogP contribution in [-0.2, 0) is 21.2 Å². The van der Waals surface area contributed by atoms with Gasteiger partial charge in [0, 0.05) is 13.0 Å². The van der Waals surface area contributed by atoms with Gasteiger partial charge in [-0.1, -0.05) is 11.6 Å². The number of aryl methyl sites for hydroxylation is 1. The number of sulfonamides is 1. The third kappa shape index (κ3) is 4.14. The molecule has 1 aliphatic heterocycles. The van der Waals surface area contributed by atoms with E-state index >= 15 is 0 Å². The van der Waals surface area contributed by atoms with Crippen LogP contribution < -0.4 is 10.5 Å². The van der Waals surface area contributed by atoms with E-state index in [0.717, 1.165) is 12.8 Å². The van der Waals surface area contributed by atoms with Crippen molar-refractivity contribution >= 4 is 16.0 Å². The van der Waals surface area contributed by atoms with Crippen LogP contribution in [-0.4, -0.2) is 41.5 Å². The Balaban J connectivity index is 2.04. The van der Waals surface area contributed by atoms with Crippen LogP contribution in [0.5, 0.6) is 0 Å². The zero-order chi connectivity index (χ0) is 15.5. The number of carboxylic acids is 1. The summed E-state index contributed by atoms with van der Waals surface area (Å²) in [5.41, 5.74) is 0. The summed E-state index contributed by atoms with van der Waals surface area (Å²) < 4.78 is 31.7. The molecule has 9 nitrogen and oxygen atoms in total. The molecule has 1 aliphatic rings. The molecular weight excluding hydrogens is 302 g/mol. The van der Waals surface area contributed by atoms with Crippen molar-refractivity contribution in [2.24, 2.45) is 0 Å². The van der Waals surface area contributed by atoms with Gasteiger partial charge in [-0.25, -0.2) is 17.9 Å². The summed E-state index contributed by atoms with van der Waals surface area (Å²) in [6, 6.07) is -0.360. The Morgan fingerprint density at radius 1 is 1.48 bits per heavy atom. The number of carbonyl (C=O) groups is 1. The molecule has 0 fully saturated rings. The summed E-state index contributed by atoms with van der Waals surface area (Å²) in [5.74, 6) is -1.73. The molecule has 0 saturated carbocycles. The van der Waals surface area contributed by atoms with Gasteiger partial charge >= 0.3 is 11.7 Å². The van der Waals surface area contributed by atoms with Gasteiger partial charge < -0.3 is 5.11 Å². The summed E-state index contributed by atoms with van der Waals surface area (Å²) in [5, 5.41) is 12.2. The maximum atomic E-state index is 11.7. The van der Waals surface area contributed by atoms with E-state index in [1.54, 1.807) is 0 Å². The number of hydrogen-bond acceptors (Lipinski definition) is 6. The van der Waals surface area contributed by atoms with Gasteiger partial charge in [-0.3, -0.25) is 13.9 Å². The average molecular weight is 319 g/mol. The molecule has 118 valence electrons. The molecule has 10 heteroatoms. The van der Waals surface area contributed by atoms with Crippen molar-refractivity contribution < 1.29 is 22.8 Å². The molecule has 0 radical (unpaired) electrons. The lowest BCUT2D eigenvalue weighted by atomic mass is 10.1. The first-order valence-electron chi connectivity index (χ1n) is 6.65. The number of aliphatic carboxylic acids is 1. The van der Waals surface area contributed by atoms with Crippen molar-refractivity contribution in [1.29, 1.82) is 0 Å². The maximum absolute atomic E-state index is 11.7. The molecule has 0 spiro atoms. The second kappa shape index (κ2) is 6.39. The molecule has 0 bridgehead atoms. The van der Waals surface area contributed by atoms with Gasteiger partial charge in [0.2, 0.25) is 10.0 Å². The molecule has 1 unspecified atom stereocenters. The van der Waals surface area contributed by atoms with Crippen LogP contribution in [0.4, 0.5) is 0 Å². The highest BCUT2D eigenvalue weighted by Gasteiger charge is 2.24. The second-order valence-electron chi connectivity index (χ2n) is 4.95. The van der Waals surface area contributed by atoms with Gasteiger partial charge in [-0.15, -0.1) is 0 Å². The minimum Gasteiger partial charge on any atom is -0.481 e. The molecule has 0 aliphatic carbocycles. The summed E-state index contributed by atoms with van der Waals surface area (Å²) in [7, 11) is -3.68. The van der Waals surface area contributed by atoms with Crippen LogP contribution in [0.1, 0.15) is 37.5 Å². The largest absolute Gasteiger partial charge is 0.481 e. The van der Waals surface area contributed by atoms with E-state index in [2.05, 4.69) is 14.4 Å². The Bertz CT molecular complexity index is 662. The lowest BCUT2D eigenvalue weighted by molar-refractivity contribution is -0.136. The van der Waals surface area contributed by atoms with E-state index in [1.807, 2.05) is 0 Å². The zero-order valence-electron chi connectivity index (χ0n) is 11.3. The summed E-state index contributed by atoms with van der Waals surface area (Å²) in [4.78, 5) is 22.1. The minimum atomic E-state index is -3.68. The van der Waals surface area contributed by atoms with Crippen LogP contribution in [0, 0.1) is 0 Å². The van der Waals surface area contributed by atoms with Gasteiger partial charge in [0.25, 0.3) is 0 Å². The van der Waals surface area contributed by atoms with Crippen molar-refractivity contribution in [1.82, 2.24) is 14.4 Å². The van der Waals surface area contributed by atoms with Crippen molar-refractivity contribution in [2.75, 3.05) is 12.3 Å². The maximum Gasteiger partial charge on any atom is 0.441 e. The Morgan fingerprint density at radius 2 is 2.24 bits per heavy atom. The zero-order valence-corrected chi connectivity index (χ0v) is 12.1. The molecule has 21 heavy (non-hydrogen) atoms. The normalized spacial score (nSPS) is 19.0. The van der Waals surface area contributed by atoms with E-state index in [9.17, 15) is 18.0 Å². The molecule has 1 atom stereocenters. The van der Waals surface area contributed by atoms with Crippen molar-refractivity contribution in [3.63, 3.8) is 0 Å². The summed E-state index contributed by atoms with van der Waals surface area (Å²) in [6.45, 7) is 0.0239. The summed E-state index contributed by atoms with van der Waals surface area (Å²) in [6.07, 6.45) is 2.50. The highest BCUT2D eigenvalue weighted by molar-refractivity contribution is 7.89.